The van der Waals surface area contributed by atoms with Gasteiger partial charge in [0, 0.05) is 10.4 Å². The average Bonchev–Trinajstić information content (AvgIpc) is 2.92. The van der Waals surface area contributed by atoms with Gasteiger partial charge < -0.3 is 4.74 Å². The second-order valence-corrected chi connectivity index (χ2v) is 6.06. The fourth-order valence-corrected chi connectivity index (χ4v) is 3.21. The lowest BCUT2D eigenvalue weighted by atomic mass is 10.1. The summed E-state index contributed by atoms with van der Waals surface area (Å²) in [6.45, 7) is 3.88. The number of carbonyl (C=O) groups is 1. The number of benzene rings is 1. The van der Waals surface area contributed by atoms with Crippen LogP contribution in [0.25, 0.3) is 10.4 Å². The summed E-state index contributed by atoms with van der Waals surface area (Å²) in [5.41, 5.74) is 2.20. The molecule has 2 rings (SSSR count). The van der Waals surface area contributed by atoms with Gasteiger partial charge in [-0.2, -0.15) is 0 Å². The molecule has 2 aromatic rings. The molecule has 0 atom stereocenters. The maximum absolute atomic E-state index is 11.8. The molecule has 1 heterocycles. The summed E-state index contributed by atoms with van der Waals surface area (Å²) in [5, 5.41) is 15.4. The van der Waals surface area contributed by atoms with Gasteiger partial charge in [-0.05, 0) is 25.5 Å². The van der Waals surface area contributed by atoms with Crippen LogP contribution in [-0.2, 0) is 9.53 Å². The molecule has 0 saturated heterocycles. The lowest BCUT2D eigenvalue weighted by Crippen LogP contribution is -2.18. The predicted octanol–water partition coefficient (Wildman–Crippen LogP) is 4.22. The van der Waals surface area contributed by atoms with Crippen molar-refractivity contribution in [3.05, 3.63) is 46.3 Å². The van der Waals surface area contributed by atoms with Crippen LogP contribution in [0.2, 0.25) is 0 Å². The summed E-state index contributed by atoms with van der Waals surface area (Å²) in [5.74, 6) is -0.709. The van der Waals surface area contributed by atoms with Crippen molar-refractivity contribution < 1.29 is 9.53 Å². The second kappa shape index (κ2) is 6.85. The molecule has 114 valence electrons. The number of carbonyl (C=O) groups excluding carboxylic acids is 1. The number of thiophene rings is 1. The standard InChI is InChI=1S/C16H15ClN2O2S/c1-3-21-16(20)13(18)14-11(15(17)19)8-12(22-14)10-6-4-9(2)5-7-10/h4-8,18-19H,3H2,1-2H3. The molecule has 4 nitrogen and oxygen atoms in total. The van der Waals surface area contributed by atoms with Crippen LogP contribution < -0.4 is 0 Å². The first-order chi connectivity index (χ1) is 10.4. The topological polar surface area (TPSA) is 74.0 Å². The van der Waals surface area contributed by atoms with E-state index in [0.29, 0.717) is 10.4 Å². The number of rotatable bonds is 5. The van der Waals surface area contributed by atoms with Gasteiger partial charge in [0.05, 0.1) is 11.5 Å². The Bertz CT molecular complexity index is 735. The van der Waals surface area contributed by atoms with Gasteiger partial charge in [0.1, 0.15) is 5.17 Å². The van der Waals surface area contributed by atoms with Gasteiger partial charge in [0.2, 0.25) is 0 Å². The zero-order valence-corrected chi connectivity index (χ0v) is 13.8. The summed E-state index contributed by atoms with van der Waals surface area (Å²) < 4.78 is 4.85. The van der Waals surface area contributed by atoms with E-state index in [9.17, 15) is 4.79 Å². The van der Waals surface area contributed by atoms with Crippen molar-refractivity contribution in [3.8, 4) is 10.4 Å². The number of esters is 1. The van der Waals surface area contributed by atoms with Gasteiger partial charge in [-0.1, -0.05) is 41.4 Å². The Hall–Kier alpha value is -1.98. The highest BCUT2D eigenvalue weighted by Gasteiger charge is 2.22. The van der Waals surface area contributed by atoms with Crippen molar-refractivity contribution >= 4 is 39.8 Å². The Balaban J connectivity index is 2.46. The molecule has 0 amide bonds. The van der Waals surface area contributed by atoms with Gasteiger partial charge in [-0.3, -0.25) is 10.8 Å². The van der Waals surface area contributed by atoms with Crippen LogP contribution in [0.1, 0.15) is 22.9 Å². The summed E-state index contributed by atoms with van der Waals surface area (Å²) in [6.07, 6.45) is 0. The summed E-state index contributed by atoms with van der Waals surface area (Å²) >= 11 is 7.06. The van der Waals surface area contributed by atoms with Crippen LogP contribution in [0.5, 0.6) is 0 Å². The normalized spacial score (nSPS) is 10.3. The number of hydrogen-bond donors (Lipinski definition) is 2. The number of nitrogens with one attached hydrogen (secondary N) is 2. The first-order valence-electron chi connectivity index (χ1n) is 6.65. The second-order valence-electron chi connectivity index (χ2n) is 4.63. The maximum atomic E-state index is 11.8. The first-order valence-corrected chi connectivity index (χ1v) is 7.84. The van der Waals surface area contributed by atoms with Crippen LogP contribution in [-0.4, -0.2) is 23.5 Å². The lowest BCUT2D eigenvalue weighted by Gasteiger charge is -2.03. The van der Waals surface area contributed by atoms with Crippen LogP contribution in [0.4, 0.5) is 0 Å². The third kappa shape index (κ3) is 3.43. The summed E-state index contributed by atoms with van der Waals surface area (Å²) in [7, 11) is 0. The Kier molecular flexibility index (Phi) is 5.11. The van der Waals surface area contributed by atoms with E-state index in [1.54, 1.807) is 13.0 Å². The number of hydrogen-bond acceptors (Lipinski definition) is 5. The quantitative estimate of drug-likeness (QED) is 0.634. The van der Waals surface area contributed by atoms with Crippen molar-refractivity contribution in [1.29, 1.82) is 10.8 Å². The minimum atomic E-state index is -0.709. The SMILES string of the molecule is CCOC(=O)C(=N)c1sc(-c2ccc(C)cc2)cc1C(=N)Cl. The molecule has 0 radical (unpaired) electrons. The van der Waals surface area contributed by atoms with Gasteiger partial charge in [0.25, 0.3) is 0 Å². The molecule has 0 saturated carbocycles. The number of halogens is 1. The lowest BCUT2D eigenvalue weighted by molar-refractivity contribution is -0.135. The van der Waals surface area contributed by atoms with E-state index in [1.165, 1.54) is 11.3 Å². The highest BCUT2D eigenvalue weighted by atomic mass is 35.5. The first kappa shape index (κ1) is 16.4. The van der Waals surface area contributed by atoms with Crippen molar-refractivity contribution in [1.82, 2.24) is 0 Å². The Morgan fingerprint density at radius 1 is 1.27 bits per heavy atom. The minimum absolute atomic E-state index is 0.196. The largest absolute Gasteiger partial charge is 0.461 e. The van der Waals surface area contributed by atoms with E-state index in [1.807, 2.05) is 31.2 Å². The monoisotopic (exact) mass is 334 g/mol. The van der Waals surface area contributed by atoms with E-state index in [-0.39, 0.29) is 17.5 Å². The highest BCUT2D eigenvalue weighted by Crippen LogP contribution is 2.33. The Labute approximate surface area is 137 Å². The summed E-state index contributed by atoms with van der Waals surface area (Å²) in [6, 6.07) is 9.61. The fourth-order valence-electron chi connectivity index (χ4n) is 1.90. The number of aryl methyl sites for hydroxylation is 1. The molecule has 0 fully saturated rings. The molecule has 0 aliphatic rings. The van der Waals surface area contributed by atoms with Gasteiger partial charge in [-0.25, -0.2) is 4.79 Å². The van der Waals surface area contributed by atoms with E-state index >= 15 is 0 Å². The van der Waals surface area contributed by atoms with Crippen LogP contribution >= 0.6 is 22.9 Å². The molecule has 0 unspecified atom stereocenters. The van der Waals surface area contributed by atoms with E-state index in [4.69, 9.17) is 27.2 Å². The molecule has 1 aromatic carbocycles. The zero-order valence-electron chi connectivity index (χ0n) is 12.2. The minimum Gasteiger partial charge on any atom is -0.461 e. The molecule has 0 bridgehead atoms. The van der Waals surface area contributed by atoms with E-state index in [2.05, 4.69) is 0 Å². The van der Waals surface area contributed by atoms with E-state index in [0.717, 1.165) is 16.0 Å². The van der Waals surface area contributed by atoms with E-state index < -0.39 is 5.97 Å². The van der Waals surface area contributed by atoms with Crippen LogP contribution in [0.15, 0.2) is 30.3 Å². The highest BCUT2D eigenvalue weighted by molar-refractivity contribution is 7.18. The van der Waals surface area contributed by atoms with Crippen molar-refractivity contribution in [2.45, 2.75) is 13.8 Å². The predicted molar refractivity (Wildman–Crippen MR) is 90.6 cm³/mol. The third-order valence-corrected chi connectivity index (χ3v) is 4.42. The fraction of sp³-hybridized carbons (Fsp3) is 0.188. The summed E-state index contributed by atoms with van der Waals surface area (Å²) in [4.78, 5) is 13.0. The maximum Gasteiger partial charge on any atom is 0.357 e. The molecular weight excluding hydrogens is 320 g/mol. The Morgan fingerprint density at radius 2 is 1.91 bits per heavy atom. The molecule has 1 aromatic heterocycles. The van der Waals surface area contributed by atoms with Gasteiger partial charge in [0.15, 0.2) is 5.71 Å². The molecule has 22 heavy (non-hydrogen) atoms. The van der Waals surface area contributed by atoms with Crippen molar-refractivity contribution in [2.75, 3.05) is 6.61 Å². The molecule has 0 aliphatic carbocycles. The number of ether oxygens (including phenoxy) is 1. The van der Waals surface area contributed by atoms with Crippen molar-refractivity contribution in [3.63, 3.8) is 0 Å². The van der Waals surface area contributed by atoms with Gasteiger partial charge in [-0.15, -0.1) is 11.3 Å². The molecular formula is C16H15ClN2O2S. The molecule has 0 aliphatic heterocycles. The smallest absolute Gasteiger partial charge is 0.357 e. The molecule has 2 N–H and O–H groups in total. The molecule has 0 spiro atoms. The molecule has 6 heteroatoms. The Morgan fingerprint density at radius 3 is 2.45 bits per heavy atom. The zero-order chi connectivity index (χ0) is 16.3. The van der Waals surface area contributed by atoms with Gasteiger partial charge >= 0.3 is 5.97 Å². The van der Waals surface area contributed by atoms with Crippen molar-refractivity contribution in [2.24, 2.45) is 0 Å². The average molecular weight is 335 g/mol. The van der Waals surface area contributed by atoms with Crippen LogP contribution in [0.3, 0.4) is 0 Å². The van der Waals surface area contributed by atoms with Crippen LogP contribution in [0, 0.1) is 17.7 Å². The third-order valence-electron chi connectivity index (χ3n) is 3.01.